The molecule has 0 bridgehead atoms. The Hall–Kier alpha value is -3.13. The lowest BCUT2D eigenvalue weighted by atomic mass is 10.1. The number of nitrogens with zero attached hydrogens (tertiary/aromatic N) is 3. The minimum atomic E-state index is -4.69. The van der Waals surface area contributed by atoms with Crippen LogP contribution in [-0.2, 0) is 6.54 Å². The molecule has 156 valence electrons. The predicted molar refractivity (Wildman–Crippen MR) is 106 cm³/mol. The quantitative estimate of drug-likeness (QED) is 0.644. The Morgan fingerprint density at radius 2 is 1.63 bits per heavy atom. The first-order valence-corrected chi connectivity index (χ1v) is 9.59. The van der Waals surface area contributed by atoms with Gasteiger partial charge in [-0.2, -0.15) is 0 Å². The highest BCUT2D eigenvalue weighted by atomic mass is 19.4. The zero-order valence-electron chi connectivity index (χ0n) is 16.1. The third-order valence-corrected chi connectivity index (χ3v) is 5.04. The van der Waals surface area contributed by atoms with Crippen LogP contribution < -0.4 is 4.74 Å². The van der Waals surface area contributed by atoms with Crippen molar-refractivity contribution in [2.75, 3.05) is 26.2 Å². The number of fused-ring (bicyclic) bond motifs is 1. The summed E-state index contributed by atoms with van der Waals surface area (Å²) in [5, 5.41) is 0.991. The lowest BCUT2D eigenvalue weighted by Crippen LogP contribution is -2.48. The highest BCUT2D eigenvalue weighted by Crippen LogP contribution is 2.23. The summed E-state index contributed by atoms with van der Waals surface area (Å²) in [5.41, 5.74) is 2.11. The number of amides is 1. The molecule has 0 aliphatic carbocycles. The Labute approximate surface area is 171 Å². The Morgan fingerprint density at radius 1 is 0.933 bits per heavy atom. The number of alkyl halides is 3. The number of ether oxygens (including phenoxy) is 1. The second-order valence-corrected chi connectivity index (χ2v) is 7.15. The van der Waals surface area contributed by atoms with Crippen LogP contribution in [0.15, 0.2) is 60.7 Å². The summed E-state index contributed by atoms with van der Waals surface area (Å²) in [5.74, 6) is -0.321. The molecule has 8 heteroatoms. The van der Waals surface area contributed by atoms with Gasteiger partial charge in [0.05, 0.1) is 5.52 Å². The molecule has 30 heavy (non-hydrogen) atoms. The number of carbonyl (C=O) groups is 1. The van der Waals surface area contributed by atoms with Gasteiger partial charge in [0.2, 0.25) is 0 Å². The fourth-order valence-corrected chi connectivity index (χ4v) is 3.51. The van der Waals surface area contributed by atoms with E-state index in [2.05, 4.69) is 14.6 Å². The van der Waals surface area contributed by atoms with E-state index in [-0.39, 0.29) is 11.7 Å². The van der Waals surface area contributed by atoms with Crippen LogP contribution in [0.1, 0.15) is 16.1 Å². The number of carbonyl (C=O) groups excluding carboxylic acids is 1. The molecule has 0 saturated carbocycles. The monoisotopic (exact) mass is 415 g/mol. The van der Waals surface area contributed by atoms with E-state index in [0.29, 0.717) is 38.4 Å². The Balaban J connectivity index is 1.32. The van der Waals surface area contributed by atoms with Crippen LogP contribution in [0.2, 0.25) is 0 Å². The lowest BCUT2D eigenvalue weighted by Gasteiger charge is -2.34. The molecule has 1 fully saturated rings. The average molecular weight is 415 g/mol. The molecule has 0 spiro atoms. The minimum absolute atomic E-state index is 0.0888. The second kappa shape index (κ2) is 8.31. The van der Waals surface area contributed by atoms with E-state index in [0.717, 1.165) is 16.5 Å². The number of pyridine rings is 1. The molecular formula is C22H20F3N3O2. The van der Waals surface area contributed by atoms with Crippen LogP contribution in [0.3, 0.4) is 0 Å². The van der Waals surface area contributed by atoms with Crippen molar-refractivity contribution in [3.05, 3.63) is 71.9 Å². The van der Waals surface area contributed by atoms with Gasteiger partial charge in [-0.05, 0) is 29.8 Å². The number of hydrogen-bond acceptors (Lipinski definition) is 4. The van der Waals surface area contributed by atoms with E-state index in [9.17, 15) is 18.0 Å². The minimum Gasteiger partial charge on any atom is -0.406 e. The van der Waals surface area contributed by atoms with E-state index in [1.165, 1.54) is 12.1 Å². The second-order valence-electron chi connectivity index (χ2n) is 7.15. The summed E-state index contributed by atoms with van der Waals surface area (Å²) in [4.78, 5) is 21.2. The first kappa shape index (κ1) is 20.2. The number of rotatable bonds is 4. The first-order chi connectivity index (χ1) is 14.4. The number of piperazine rings is 1. The number of hydrogen-bond donors (Lipinski definition) is 0. The fraction of sp³-hybridized carbons (Fsp3) is 0.273. The van der Waals surface area contributed by atoms with Crippen molar-refractivity contribution < 1.29 is 22.7 Å². The van der Waals surface area contributed by atoms with Crippen LogP contribution in [0.25, 0.3) is 10.9 Å². The predicted octanol–water partition coefficient (Wildman–Crippen LogP) is 4.09. The van der Waals surface area contributed by atoms with Crippen LogP contribution in [0, 0.1) is 0 Å². The first-order valence-electron chi connectivity index (χ1n) is 9.59. The SMILES string of the molecule is O=C(c1ccc2ccccc2n1)N1CCN(Cc2ccc(OC(F)(F)F)cc2)CC1. The van der Waals surface area contributed by atoms with Crippen molar-refractivity contribution in [3.8, 4) is 5.75 Å². The van der Waals surface area contributed by atoms with E-state index in [1.54, 1.807) is 23.1 Å². The summed E-state index contributed by atoms with van der Waals surface area (Å²) in [7, 11) is 0. The van der Waals surface area contributed by atoms with Gasteiger partial charge in [-0.1, -0.05) is 36.4 Å². The Bertz CT molecular complexity index is 1030. The van der Waals surface area contributed by atoms with E-state index >= 15 is 0 Å². The van der Waals surface area contributed by atoms with Crippen LogP contribution in [-0.4, -0.2) is 53.2 Å². The van der Waals surface area contributed by atoms with Crippen molar-refractivity contribution in [1.82, 2.24) is 14.8 Å². The summed E-state index contributed by atoms with van der Waals surface area (Å²) >= 11 is 0. The van der Waals surface area contributed by atoms with E-state index in [1.807, 2.05) is 30.3 Å². The highest BCUT2D eigenvalue weighted by Gasteiger charge is 2.31. The number of aromatic nitrogens is 1. The molecule has 2 aromatic carbocycles. The molecular weight excluding hydrogens is 395 g/mol. The van der Waals surface area contributed by atoms with Crippen molar-refractivity contribution in [2.45, 2.75) is 12.9 Å². The largest absolute Gasteiger partial charge is 0.573 e. The van der Waals surface area contributed by atoms with Gasteiger partial charge >= 0.3 is 6.36 Å². The molecule has 1 aromatic heterocycles. The molecule has 0 radical (unpaired) electrons. The number of halogens is 3. The van der Waals surface area contributed by atoms with Gasteiger partial charge in [0.15, 0.2) is 0 Å². The molecule has 3 aromatic rings. The normalized spacial score (nSPS) is 15.4. The molecule has 0 unspecified atom stereocenters. The summed E-state index contributed by atoms with van der Waals surface area (Å²) in [6, 6.07) is 17.2. The third kappa shape index (κ3) is 4.88. The van der Waals surface area contributed by atoms with Crippen LogP contribution >= 0.6 is 0 Å². The van der Waals surface area contributed by atoms with Crippen LogP contribution in [0.5, 0.6) is 5.75 Å². The maximum atomic E-state index is 12.8. The maximum absolute atomic E-state index is 12.8. The van der Waals surface area contributed by atoms with Gasteiger partial charge in [-0.25, -0.2) is 4.98 Å². The van der Waals surface area contributed by atoms with Crippen LogP contribution in [0.4, 0.5) is 13.2 Å². The molecule has 1 aliphatic heterocycles. The van der Waals surface area contributed by atoms with Gasteiger partial charge in [-0.15, -0.1) is 13.2 Å². The number of benzene rings is 2. The summed E-state index contributed by atoms with van der Waals surface area (Å²) in [6.45, 7) is 3.11. The molecule has 1 amide bonds. The van der Waals surface area contributed by atoms with Gasteiger partial charge in [0.25, 0.3) is 5.91 Å². The molecule has 4 rings (SSSR count). The van der Waals surface area contributed by atoms with Gasteiger partial charge in [-0.3, -0.25) is 9.69 Å². The third-order valence-electron chi connectivity index (χ3n) is 5.04. The zero-order valence-corrected chi connectivity index (χ0v) is 16.1. The Kier molecular flexibility index (Phi) is 5.59. The molecule has 2 heterocycles. The Morgan fingerprint density at radius 3 is 2.33 bits per heavy atom. The van der Waals surface area contributed by atoms with Gasteiger partial charge in [0, 0.05) is 38.1 Å². The lowest BCUT2D eigenvalue weighted by molar-refractivity contribution is -0.274. The topological polar surface area (TPSA) is 45.7 Å². The fourth-order valence-electron chi connectivity index (χ4n) is 3.51. The summed E-state index contributed by atoms with van der Waals surface area (Å²) < 4.78 is 40.6. The van der Waals surface area contributed by atoms with Crippen molar-refractivity contribution in [2.24, 2.45) is 0 Å². The standard InChI is InChI=1S/C22H20F3N3O2/c23-22(24,25)30-18-8-5-16(6-9-18)15-27-11-13-28(14-12-27)21(29)20-10-7-17-3-1-2-4-19(17)26-20/h1-10H,11-15H2. The average Bonchev–Trinajstić information content (AvgIpc) is 2.74. The van der Waals surface area contributed by atoms with E-state index < -0.39 is 6.36 Å². The molecule has 5 nitrogen and oxygen atoms in total. The van der Waals surface area contributed by atoms with Crippen molar-refractivity contribution >= 4 is 16.8 Å². The highest BCUT2D eigenvalue weighted by molar-refractivity contribution is 5.95. The smallest absolute Gasteiger partial charge is 0.406 e. The number of para-hydroxylation sites is 1. The van der Waals surface area contributed by atoms with Crippen molar-refractivity contribution in [3.63, 3.8) is 0 Å². The zero-order chi connectivity index (χ0) is 21.1. The molecule has 0 N–H and O–H groups in total. The maximum Gasteiger partial charge on any atom is 0.573 e. The molecule has 1 aliphatic rings. The van der Waals surface area contributed by atoms with Gasteiger partial charge < -0.3 is 9.64 Å². The van der Waals surface area contributed by atoms with Crippen molar-refractivity contribution in [1.29, 1.82) is 0 Å². The van der Waals surface area contributed by atoms with Gasteiger partial charge in [0.1, 0.15) is 11.4 Å². The molecule has 1 saturated heterocycles. The summed E-state index contributed by atoms with van der Waals surface area (Å²) in [6.07, 6.45) is -4.69. The molecule has 0 atom stereocenters. The van der Waals surface area contributed by atoms with E-state index in [4.69, 9.17) is 0 Å².